The summed E-state index contributed by atoms with van der Waals surface area (Å²) < 4.78 is 0. The lowest BCUT2D eigenvalue weighted by Gasteiger charge is -2.33. The van der Waals surface area contributed by atoms with Crippen molar-refractivity contribution in [1.82, 2.24) is 20.0 Å². The Balaban J connectivity index is 1.38. The van der Waals surface area contributed by atoms with Crippen LogP contribution in [0.3, 0.4) is 0 Å². The number of carbonyl (C=O) groups excluding carboxylic acids is 2. The summed E-state index contributed by atoms with van der Waals surface area (Å²) in [6, 6.07) is 8.88. The average Bonchev–Trinajstić information content (AvgIpc) is 3.41. The Labute approximate surface area is 186 Å². The van der Waals surface area contributed by atoms with E-state index < -0.39 is 0 Å². The molecule has 3 atom stereocenters. The molecule has 3 saturated heterocycles. The van der Waals surface area contributed by atoms with Crippen LogP contribution >= 0.6 is 0 Å². The van der Waals surface area contributed by atoms with Crippen LogP contribution in [0.25, 0.3) is 0 Å². The summed E-state index contributed by atoms with van der Waals surface area (Å²) in [5, 5.41) is 3.18. The maximum absolute atomic E-state index is 13.0. The summed E-state index contributed by atoms with van der Waals surface area (Å²) in [7, 11) is 6.22. The van der Waals surface area contributed by atoms with Crippen molar-refractivity contribution < 1.29 is 9.59 Å². The van der Waals surface area contributed by atoms with Crippen LogP contribution in [0.5, 0.6) is 0 Å². The number of nitrogens with one attached hydrogen (secondary N) is 1. The van der Waals surface area contributed by atoms with E-state index in [0.717, 1.165) is 51.9 Å². The van der Waals surface area contributed by atoms with Crippen LogP contribution in [0.1, 0.15) is 37.7 Å². The predicted octanol–water partition coefficient (Wildman–Crippen LogP) is 1.53. The molecule has 170 valence electrons. The highest BCUT2D eigenvalue weighted by molar-refractivity contribution is 5.83. The lowest BCUT2D eigenvalue weighted by Crippen LogP contribution is -2.49. The van der Waals surface area contributed by atoms with Gasteiger partial charge >= 0.3 is 0 Å². The fraction of sp³-hybridized carbons (Fsp3) is 0.667. The molecule has 4 rings (SSSR count). The quantitative estimate of drug-likeness (QED) is 0.746. The molecule has 1 N–H and O–H groups in total. The second kappa shape index (κ2) is 9.57. The third-order valence-corrected chi connectivity index (χ3v) is 7.34. The van der Waals surface area contributed by atoms with Crippen LogP contribution in [-0.4, -0.2) is 92.0 Å². The van der Waals surface area contributed by atoms with Gasteiger partial charge in [0.1, 0.15) is 6.04 Å². The average molecular weight is 428 g/mol. The maximum Gasteiger partial charge on any atom is 0.239 e. The fourth-order valence-electron chi connectivity index (χ4n) is 5.37. The molecule has 0 saturated carbocycles. The van der Waals surface area contributed by atoms with Gasteiger partial charge < -0.3 is 15.1 Å². The molecule has 3 aliphatic rings. The summed E-state index contributed by atoms with van der Waals surface area (Å²) in [4.78, 5) is 34.3. The summed E-state index contributed by atoms with van der Waals surface area (Å²) in [5.41, 5.74) is 2.42. The monoisotopic (exact) mass is 427 g/mol. The van der Waals surface area contributed by atoms with Gasteiger partial charge in [0.15, 0.2) is 0 Å². The Bertz CT molecular complexity index is 775. The zero-order valence-corrected chi connectivity index (χ0v) is 19.2. The Morgan fingerprint density at radius 2 is 1.84 bits per heavy atom. The number of rotatable bonds is 6. The minimum atomic E-state index is -0.127. The Morgan fingerprint density at radius 1 is 1.13 bits per heavy atom. The molecule has 0 bridgehead atoms. The molecular weight excluding hydrogens is 390 g/mol. The van der Waals surface area contributed by atoms with Gasteiger partial charge in [-0.2, -0.15) is 0 Å². The van der Waals surface area contributed by atoms with Crippen molar-refractivity contribution in [1.29, 1.82) is 0 Å². The van der Waals surface area contributed by atoms with E-state index in [1.54, 1.807) is 0 Å². The van der Waals surface area contributed by atoms with E-state index in [1.165, 1.54) is 11.3 Å². The third kappa shape index (κ3) is 4.88. The number of anilines is 1. The molecule has 0 aromatic heterocycles. The van der Waals surface area contributed by atoms with Gasteiger partial charge in [-0.05, 0) is 50.4 Å². The first-order valence-corrected chi connectivity index (χ1v) is 11.7. The van der Waals surface area contributed by atoms with Crippen molar-refractivity contribution in [3.05, 3.63) is 29.8 Å². The van der Waals surface area contributed by atoms with Gasteiger partial charge in [-0.3, -0.25) is 19.4 Å². The van der Waals surface area contributed by atoms with Crippen molar-refractivity contribution in [3.8, 4) is 0 Å². The predicted molar refractivity (Wildman–Crippen MR) is 123 cm³/mol. The van der Waals surface area contributed by atoms with E-state index >= 15 is 0 Å². The SMILES string of the molecule is CN(C)c1ccc(CN2CC[C@H]3[C@H]2C(=O)NC[C@H](CCC(=O)N2CCCC2)N3C)cc1. The topological polar surface area (TPSA) is 59.1 Å². The van der Waals surface area contributed by atoms with Gasteiger partial charge in [0.25, 0.3) is 0 Å². The minimum Gasteiger partial charge on any atom is -0.378 e. The normalized spacial score (nSPS) is 27.1. The van der Waals surface area contributed by atoms with E-state index in [1.807, 2.05) is 19.0 Å². The third-order valence-electron chi connectivity index (χ3n) is 7.34. The standard InChI is InChI=1S/C24H37N5O2/c1-26(2)19-8-6-18(7-9-19)17-29-15-12-21-23(29)24(31)25-16-20(27(21)3)10-11-22(30)28-13-4-5-14-28/h6-9,20-21,23H,4-5,10-17H2,1-3H3,(H,25,31)/t20-,21-,23-/m0/s1. The zero-order valence-electron chi connectivity index (χ0n) is 19.2. The van der Waals surface area contributed by atoms with Gasteiger partial charge in [-0.1, -0.05) is 12.1 Å². The number of fused-ring (bicyclic) bond motifs is 1. The molecule has 7 nitrogen and oxygen atoms in total. The molecular formula is C24H37N5O2. The molecule has 0 unspecified atom stereocenters. The van der Waals surface area contributed by atoms with Gasteiger partial charge in [0.05, 0.1) is 0 Å². The largest absolute Gasteiger partial charge is 0.378 e. The minimum absolute atomic E-state index is 0.127. The van der Waals surface area contributed by atoms with Crippen LogP contribution in [-0.2, 0) is 16.1 Å². The first kappa shape index (κ1) is 22.1. The van der Waals surface area contributed by atoms with E-state index in [0.29, 0.717) is 13.0 Å². The first-order chi connectivity index (χ1) is 14.9. The van der Waals surface area contributed by atoms with E-state index in [-0.39, 0.29) is 29.9 Å². The fourth-order valence-corrected chi connectivity index (χ4v) is 5.37. The van der Waals surface area contributed by atoms with Gasteiger partial charge in [-0.25, -0.2) is 0 Å². The number of nitrogens with zero attached hydrogens (tertiary/aromatic N) is 4. The molecule has 0 spiro atoms. The van der Waals surface area contributed by atoms with Crippen molar-refractivity contribution in [2.75, 3.05) is 52.2 Å². The molecule has 3 heterocycles. The smallest absolute Gasteiger partial charge is 0.239 e. The van der Waals surface area contributed by atoms with Crippen LogP contribution in [0, 0.1) is 0 Å². The van der Waals surface area contributed by atoms with Crippen LogP contribution < -0.4 is 10.2 Å². The van der Waals surface area contributed by atoms with E-state index in [4.69, 9.17) is 0 Å². The number of amides is 2. The molecule has 7 heteroatoms. The number of carbonyl (C=O) groups is 2. The number of likely N-dealkylation sites (N-methyl/N-ethyl adjacent to an activating group) is 1. The van der Waals surface area contributed by atoms with Gasteiger partial charge in [0.2, 0.25) is 11.8 Å². The molecule has 1 aromatic rings. The lowest BCUT2D eigenvalue weighted by molar-refractivity contribution is -0.130. The van der Waals surface area contributed by atoms with Crippen LogP contribution in [0.15, 0.2) is 24.3 Å². The van der Waals surface area contributed by atoms with Crippen molar-refractivity contribution in [2.24, 2.45) is 0 Å². The summed E-state index contributed by atoms with van der Waals surface area (Å²) >= 11 is 0. The van der Waals surface area contributed by atoms with E-state index in [9.17, 15) is 9.59 Å². The molecule has 0 aliphatic carbocycles. The Kier molecular flexibility index (Phi) is 6.82. The number of benzene rings is 1. The number of hydrogen-bond acceptors (Lipinski definition) is 5. The lowest BCUT2D eigenvalue weighted by atomic mass is 10.0. The molecule has 1 aromatic carbocycles. The summed E-state index contributed by atoms with van der Waals surface area (Å²) in [6.07, 6.45) is 4.62. The molecule has 31 heavy (non-hydrogen) atoms. The molecule has 0 radical (unpaired) electrons. The highest BCUT2D eigenvalue weighted by atomic mass is 16.2. The van der Waals surface area contributed by atoms with Crippen molar-refractivity contribution in [2.45, 2.75) is 56.8 Å². The summed E-state index contributed by atoms with van der Waals surface area (Å²) in [6.45, 7) is 4.15. The Hall–Kier alpha value is -2.12. The summed E-state index contributed by atoms with van der Waals surface area (Å²) in [5.74, 6) is 0.403. The van der Waals surface area contributed by atoms with E-state index in [2.05, 4.69) is 51.3 Å². The maximum atomic E-state index is 13.0. The highest BCUT2D eigenvalue weighted by Crippen LogP contribution is 2.29. The second-order valence-electron chi connectivity index (χ2n) is 9.52. The van der Waals surface area contributed by atoms with Crippen molar-refractivity contribution >= 4 is 17.5 Å². The van der Waals surface area contributed by atoms with Gasteiger partial charge in [-0.15, -0.1) is 0 Å². The second-order valence-corrected chi connectivity index (χ2v) is 9.52. The molecule has 3 fully saturated rings. The highest BCUT2D eigenvalue weighted by Gasteiger charge is 2.44. The molecule has 2 amide bonds. The molecule has 3 aliphatic heterocycles. The zero-order chi connectivity index (χ0) is 22.0. The van der Waals surface area contributed by atoms with Crippen molar-refractivity contribution in [3.63, 3.8) is 0 Å². The van der Waals surface area contributed by atoms with Crippen LogP contribution in [0.2, 0.25) is 0 Å². The number of likely N-dealkylation sites (tertiary alicyclic amines) is 2. The van der Waals surface area contributed by atoms with Crippen LogP contribution in [0.4, 0.5) is 5.69 Å². The Morgan fingerprint density at radius 3 is 2.52 bits per heavy atom. The first-order valence-electron chi connectivity index (χ1n) is 11.7. The number of hydrogen-bond donors (Lipinski definition) is 1. The van der Waals surface area contributed by atoms with Gasteiger partial charge in [0, 0.05) is 71.0 Å².